The Bertz CT molecular complexity index is 1100. The van der Waals surface area contributed by atoms with Gasteiger partial charge in [0.15, 0.2) is 11.5 Å². The van der Waals surface area contributed by atoms with Crippen LogP contribution in [0.25, 0.3) is 10.8 Å². The van der Waals surface area contributed by atoms with Gasteiger partial charge in [0.1, 0.15) is 0 Å². The fourth-order valence-corrected chi connectivity index (χ4v) is 4.54. The van der Waals surface area contributed by atoms with E-state index in [9.17, 15) is 4.79 Å². The maximum Gasteiger partial charge on any atom is 0.236 e. The van der Waals surface area contributed by atoms with Crippen LogP contribution in [0.2, 0.25) is 0 Å². The Morgan fingerprint density at radius 3 is 2.62 bits per heavy atom. The van der Waals surface area contributed by atoms with Gasteiger partial charge < -0.3 is 19.7 Å². The van der Waals surface area contributed by atoms with Gasteiger partial charge in [-0.05, 0) is 41.0 Å². The number of carbonyl (C=O) groups is 1. The summed E-state index contributed by atoms with van der Waals surface area (Å²) < 4.78 is 10.9. The minimum atomic E-state index is 0.109. The van der Waals surface area contributed by atoms with Crippen LogP contribution in [-0.2, 0) is 11.3 Å². The van der Waals surface area contributed by atoms with Crippen molar-refractivity contribution in [2.45, 2.75) is 19.5 Å². The van der Waals surface area contributed by atoms with Gasteiger partial charge in [0.2, 0.25) is 12.7 Å². The number of piperazine rings is 1. The maximum absolute atomic E-state index is 12.8. The molecule has 0 unspecified atom stereocenters. The SMILES string of the molecule is C[C@@H](NCC(=O)N1CCN(Cc2ccc3c(c2)OCO3)CC1)c1cccc2ccccc12. The lowest BCUT2D eigenvalue weighted by Crippen LogP contribution is -2.50. The summed E-state index contributed by atoms with van der Waals surface area (Å²) in [6.07, 6.45) is 0. The molecule has 6 nitrogen and oxygen atoms in total. The number of carbonyl (C=O) groups excluding carboxylic acids is 1. The highest BCUT2D eigenvalue weighted by Crippen LogP contribution is 2.33. The molecule has 0 radical (unpaired) electrons. The summed E-state index contributed by atoms with van der Waals surface area (Å²) in [5.74, 6) is 1.80. The van der Waals surface area contributed by atoms with Crippen molar-refractivity contribution in [3.05, 3.63) is 71.8 Å². The van der Waals surface area contributed by atoms with Gasteiger partial charge in [-0.3, -0.25) is 9.69 Å². The van der Waals surface area contributed by atoms with E-state index in [1.807, 2.05) is 11.0 Å². The lowest BCUT2D eigenvalue weighted by Gasteiger charge is -2.35. The Morgan fingerprint density at radius 2 is 1.75 bits per heavy atom. The first-order valence-electron chi connectivity index (χ1n) is 11.3. The standard InChI is InChI=1S/C26H29N3O3/c1-19(22-8-4-6-21-5-2-3-7-23(21)22)27-16-26(30)29-13-11-28(12-14-29)17-20-9-10-24-25(15-20)32-18-31-24/h2-10,15,19,27H,11-14,16-18H2,1H3/t19-/m1/s1. The molecule has 3 aromatic rings. The van der Waals surface area contributed by atoms with Crippen LogP contribution in [0.4, 0.5) is 0 Å². The van der Waals surface area contributed by atoms with Crippen molar-refractivity contribution in [3.63, 3.8) is 0 Å². The Labute approximate surface area is 188 Å². The second-order valence-corrected chi connectivity index (χ2v) is 8.52. The van der Waals surface area contributed by atoms with Crippen molar-refractivity contribution >= 4 is 16.7 Å². The minimum absolute atomic E-state index is 0.109. The number of fused-ring (bicyclic) bond motifs is 2. The van der Waals surface area contributed by atoms with E-state index in [0.717, 1.165) is 44.2 Å². The van der Waals surface area contributed by atoms with E-state index in [4.69, 9.17) is 9.47 Å². The molecule has 1 saturated heterocycles. The minimum Gasteiger partial charge on any atom is -0.454 e. The first-order valence-corrected chi connectivity index (χ1v) is 11.3. The lowest BCUT2D eigenvalue weighted by atomic mass is 10.00. The number of rotatable bonds is 6. The van der Waals surface area contributed by atoms with Gasteiger partial charge in [-0.15, -0.1) is 0 Å². The van der Waals surface area contributed by atoms with Crippen LogP contribution in [0, 0.1) is 0 Å². The number of hydrogen-bond acceptors (Lipinski definition) is 5. The molecule has 0 aromatic heterocycles. The van der Waals surface area contributed by atoms with Gasteiger partial charge in [-0.1, -0.05) is 48.5 Å². The second kappa shape index (κ2) is 9.18. The van der Waals surface area contributed by atoms with Crippen LogP contribution < -0.4 is 14.8 Å². The zero-order valence-corrected chi connectivity index (χ0v) is 18.4. The molecular weight excluding hydrogens is 402 g/mol. The molecule has 2 aliphatic rings. The molecule has 0 aliphatic carbocycles. The highest BCUT2D eigenvalue weighted by molar-refractivity contribution is 5.86. The molecule has 1 atom stereocenters. The topological polar surface area (TPSA) is 54.0 Å². The monoisotopic (exact) mass is 431 g/mol. The number of amides is 1. The van der Waals surface area contributed by atoms with Crippen molar-refractivity contribution < 1.29 is 14.3 Å². The number of nitrogens with zero attached hydrogens (tertiary/aromatic N) is 2. The van der Waals surface area contributed by atoms with Crippen LogP contribution in [0.15, 0.2) is 60.7 Å². The number of nitrogens with one attached hydrogen (secondary N) is 1. The number of hydrogen-bond donors (Lipinski definition) is 1. The molecule has 2 heterocycles. The van der Waals surface area contributed by atoms with Gasteiger partial charge in [0.25, 0.3) is 0 Å². The van der Waals surface area contributed by atoms with Gasteiger partial charge in [-0.25, -0.2) is 0 Å². The number of ether oxygens (including phenoxy) is 2. The van der Waals surface area contributed by atoms with E-state index < -0.39 is 0 Å². The first-order chi connectivity index (χ1) is 15.7. The lowest BCUT2D eigenvalue weighted by molar-refractivity contribution is -0.132. The Hall–Kier alpha value is -3.09. The fraction of sp³-hybridized carbons (Fsp3) is 0.346. The molecule has 1 amide bonds. The third kappa shape index (κ3) is 4.42. The predicted octanol–water partition coefficient (Wildman–Crippen LogP) is 3.56. The van der Waals surface area contributed by atoms with E-state index in [1.54, 1.807) is 0 Å². The molecule has 0 saturated carbocycles. The third-order valence-corrected chi connectivity index (χ3v) is 6.42. The quantitative estimate of drug-likeness (QED) is 0.647. The van der Waals surface area contributed by atoms with Gasteiger partial charge >= 0.3 is 0 Å². The molecule has 2 aliphatic heterocycles. The van der Waals surface area contributed by atoms with E-state index in [-0.39, 0.29) is 11.9 Å². The molecule has 32 heavy (non-hydrogen) atoms. The average molecular weight is 432 g/mol. The van der Waals surface area contributed by atoms with Crippen molar-refractivity contribution in [1.29, 1.82) is 0 Å². The van der Waals surface area contributed by atoms with Gasteiger partial charge in [-0.2, -0.15) is 0 Å². The molecular formula is C26H29N3O3. The zero-order chi connectivity index (χ0) is 21.9. The summed E-state index contributed by atoms with van der Waals surface area (Å²) in [6, 6.07) is 21.0. The fourth-order valence-electron chi connectivity index (χ4n) is 4.54. The summed E-state index contributed by atoms with van der Waals surface area (Å²) in [4.78, 5) is 17.2. The summed E-state index contributed by atoms with van der Waals surface area (Å²) in [6.45, 7) is 6.90. The largest absolute Gasteiger partial charge is 0.454 e. The molecule has 5 rings (SSSR count). The normalized spacial score (nSPS) is 17.0. The first kappa shape index (κ1) is 20.8. The Kier molecular flexibility index (Phi) is 5.97. The van der Waals surface area contributed by atoms with Crippen LogP contribution in [0.5, 0.6) is 11.5 Å². The molecule has 166 valence electrons. The summed E-state index contributed by atoms with van der Waals surface area (Å²) in [7, 11) is 0. The Morgan fingerprint density at radius 1 is 0.969 bits per heavy atom. The third-order valence-electron chi connectivity index (χ3n) is 6.42. The smallest absolute Gasteiger partial charge is 0.236 e. The van der Waals surface area contributed by atoms with E-state index >= 15 is 0 Å². The van der Waals surface area contributed by atoms with Crippen molar-refractivity contribution in [3.8, 4) is 11.5 Å². The second-order valence-electron chi connectivity index (χ2n) is 8.52. The van der Waals surface area contributed by atoms with Crippen LogP contribution >= 0.6 is 0 Å². The van der Waals surface area contributed by atoms with E-state index in [2.05, 4.69) is 71.7 Å². The zero-order valence-electron chi connectivity index (χ0n) is 18.4. The van der Waals surface area contributed by atoms with E-state index in [1.165, 1.54) is 21.9 Å². The molecule has 6 heteroatoms. The molecule has 0 bridgehead atoms. The molecule has 1 N–H and O–H groups in total. The van der Waals surface area contributed by atoms with Crippen LogP contribution in [0.3, 0.4) is 0 Å². The highest BCUT2D eigenvalue weighted by Gasteiger charge is 2.22. The highest BCUT2D eigenvalue weighted by atomic mass is 16.7. The summed E-state index contributed by atoms with van der Waals surface area (Å²) in [5, 5.41) is 5.89. The van der Waals surface area contributed by atoms with Crippen molar-refractivity contribution in [2.75, 3.05) is 39.5 Å². The molecule has 1 fully saturated rings. The molecule has 0 spiro atoms. The maximum atomic E-state index is 12.8. The molecule has 3 aromatic carbocycles. The van der Waals surface area contributed by atoms with Gasteiger partial charge in [0, 0.05) is 38.8 Å². The summed E-state index contributed by atoms with van der Waals surface area (Å²) in [5.41, 5.74) is 2.43. The summed E-state index contributed by atoms with van der Waals surface area (Å²) >= 11 is 0. The van der Waals surface area contributed by atoms with Crippen molar-refractivity contribution in [2.24, 2.45) is 0 Å². The van der Waals surface area contributed by atoms with Crippen molar-refractivity contribution in [1.82, 2.24) is 15.1 Å². The van der Waals surface area contributed by atoms with Gasteiger partial charge in [0.05, 0.1) is 6.54 Å². The number of benzene rings is 3. The van der Waals surface area contributed by atoms with E-state index in [0.29, 0.717) is 13.3 Å². The predicted molar refractivity (Wildman–Crippen MR) is 125 cm³/mol. The average Bonchev–Trinajstić information content (AvgIpc) is 3.30. The van der Waals surface area contributed by atoms with Crippen LogP contribution in [-0.4, -0.2) is 55.2 Å². The van der Waals surface area contributed by atoms with Crippen LogP contribution in [0.1, 0.15) is 24.1 Å². The Balaban J connectivity index is 1.11.